The van der Waals surface area contributed by atoms with Gasteiger partial charge in [-0.2, -0.15) is 5.10 Å². The standard InChI is InChI=1S/C26H18BrClF5N3O2/c1-12-25(13(2)36(35-12)10-17-20(29)22(31)24(33)23(32)21(17)30)34-26(37)15-5-3-14(4-6-15)11-38-19-8-7-16(27)9-18(19)28/h3-9H,10-11H2,1-2H3,(H,34,37). The van der Waals surface area contributed by atoms with E-state index in [-0.39, 0.29) is 23.7 Å². The molecule has 0 aliphatic carbocycles. The van der Waals surface area contributed by atoms with Crippen molar-refractivity contribution in [1.82, 2.24) is 9.78 Å². The molecule has 1 N–H and O–H groups in total. The van der Waals surface area contributed by atoms with Crippen LogP contribution in [0.2, 0.25) is 5.02 Å². The number of halogens is 7. The van der Waals surface area contributed by atoms with Crippen LogP contribution in [-0.2, 0) is 13.2 Å². The second-order valence-corrected chi connectivity index (χ2v) is 9.59. The van der Waals surface area contributed by atoms with Gasteiger partial charge in [0.25, 0.3) is 5.91 Å². The van der Waals surface area contributed by atoms with E-state index in [9.17, 15) is 26.7 Å². The molecule has 0 aliphatic heterocycles. The van der Waals surface area contributed by atoms with Gasteiger partial charge in [0.05, 0.1) is 34.2 Å². The molecule has 0 saturated heterocycles. The molecular formula is C26H18BrClF5N3O2. The van der Waals surface area contributed by atoms with Crippen LogP contribution in [0.3, 0.4) is 0 Å². The van der Waals surface area contributed by atoms with Crippen molar-refractivity contribution in [2.24, 2.45) is 0 Å². The Morgan fingerprint density at radius 2 is 1.58 bits per heavy atom. The molecule has 0 unspecified atom stereocenters. The molecule has 0 radical (unpaired) electrons. The van der Waals surface area contributed by atoms with E-state index in [1.54, 1.807) is 42.5 Å². The third kappa shape index (κ3) is 5.53. The first kappa shape index (κ1) is 27.6. The Kier molecular flexibility index (Phi) is 8.08. The smallest absolute Gasteiger partial charge is 0.255 e. The molecule has 1 aromatic heterocycles. The summed E-state index contributed by atoms with van der Waals surface area (Å²) in [5, 5.41) is 7.22. The minimum Gasteiger partial charge on any atom is -0.487 e. The molecule has 0 saturated carbocycles. The average molecular weight is 615 g/mol. The highest BCUT2D eigenvalue weighted by Gasteiger charge is 2.27. The van der Waals surface area contributed by atoms with Crippen LogP contribution < -0.4 is 10.1 Å². The number of ether oxygens (including phenoxy) is 1. The summed E-state index contributed by atoms with van der Waals surface area (Å²) in [7, 11) is 0. The van der Waals surface area contributed by atoms with Gasteiger partial charge in [0.2, 0.25) is 5.82 Å². The largest absolute Gasteiger partial charge is 0.487 e. The number of nitrogens with zero attached hydrogens (tertiary/aromatic N) is 2. The van der Waals surface area contributed by atoms with Gasteiger partial charge in [0.1, 0.15) is 12.4 Å². The number of carbonyl (C=O) groups is 1. The third-order valence-corrected chi connectivity index (χ3v) is 6.52. The third-order valence-electron chi connectivity index (χ3n) is 5.73. The number of aromatic nitrogens is 2. The zero-order valence-corrected chi connectivity index (χ0v) is 22.2. The fourth-order valence-corrected chi connectivity index (χ4v) is 4.39. The molecule has 0 atom stereocenters. The fraction of sp³-hybridized carbons (Fsp3) is 0.154. The van der Waals surface area contributed by atoms with Crippen LogP contribution in [0, 0.1) is 42.9 Å². The van der Waals surface area contributed by atoms with Crippen molar-refractivity contribution < 1.29 is 31.5 Å². The minimum atomic E-state index is -2.24. The van der Waals surface area contributed by atoms with Gasteiger partial charge < -0.3 is 10.1 Å². The van der Waals surface area contributed by atoms with Crippen molar-refractivity contribution in [1.29, 1.82) is 0 Å². The van der Waals surface area contributed by atoms with Crippen LogP contribution in [0.15, 0.2) is 46.9 Å². The first-order valence-corrected chi connectivity index (χ1v) is 12.2. The van der Waals surface area contributed by atoms with E-state index >= 15 is 0 Å². The second kappa shape index (κ2) is 11.1. The molecule has 1 heterocycles. The van der Waals surface area contributed by atoms with Crippen molar-refractivity contribution in [2.45, 2.75) is 27.0 Å². The summed E-state index contributed by atoms with van der Waals surface area (Å²) >= 11 is 9.47. The number of amides is 1. The maximum Gasteiger partial charge on any atom is 0.255 e. The average Bonchev–Trinajstić information content (AvgIpc) is 3.15. The summed E-state index contributed by atoms with van der Waals surface area (Å²) in [6.45, 7) is 2.51. The Morgan fingerprint density at radius 1 is 0.974 bits per heavy atom. The number of nitrogens with one attached hydrogen (secondary N) is 1. The van der Waals surface area contributed by atoms with Crippen molar-refractivity contribution in [2.75, 3.05) is 5.32 Å². The van der Waals surface area contributed by atoms with Crippen molar-refractivity contribution in [3.05, 3.63) is 109 Å². The van der Waals surface area contributed by atoms with Gasteiger partial charge in [-0.3, -0.25) is 9.48 Å². The lowest BCUT2D eigenvalue weighted by Gasteiger charge is -2.11. The molecule has 0 fully saturated rings. The summed E-state index contributed by atoms with van der Waals surface area (Å²) in [5.41, 5.74) is 0.848. The Bertz CT molecular complexity index is 1510. The number of anilines is 1. The van der Waals surface area contributed by atoms with Gasteiger partial charge in [-0.25, -0.2) is 22.0 Å². The van der Waals surface area contributed by atoms with Crippen LogP contribution in [0.5, 0.6) is 5.75 Å². The SMILES string of the molecule is Cc1nn(Cc2c(F)c(F)c(F)c(F)c2F)c(C)c1NC(=O)c1ccc(COc2ccc(Br)cc2Cl)cc1. The van der Waals surface area contributed by atoms with Gasteiger partial charge in [0, 0.05) is 10.0 Å². The van der Waals surface area contributed by atoms with E-state index in [0.717, 1.165) is 14.7 Å². The van der Waals surface area contributed by atoms with Crippen LogP contribution in [0.4, 0.5) is 27.6 Å². The topological polar surface area (TPSA) is 56.2 Å². The zero-order valence-electron chi connectivity index (χ0n) is 19.8. The number of benzene rings is 3. The quantitative estimate of drug-likeness (QED) is 0.133. The van der Waals surface area contributed by atoms with Gasteiger partial charge in [-0.15, -0.1) is 0 Å². The number of hydrogen-bond donors (Lipinski definition) is 1. The lowest BCUT2D eigenvalue weighted by Crippen LogP contribution is -2.14. The van der Waals surface area contributed by atoms with Crippen LogP contribution in [0.25, 0.3) is 0 Å². The predicted molar refractivity (Wildman–Crippen MR) is 135 cm³/mol. The second-order valence-electron chi connectivity index (χ2n) is 8.27. The monoisotopic (exact) mass is 613 g/mol. The lowest BCUT2D eigenvalue weighted by molar-refractivity contribution is 0.102. The zero-order chi connectivity index (χ0) is 27.7. The van der Waals surface area contributed by atoms with Gasteiger partial charge in [-0.05, 0) is 49.7 Å². The molecule has 38 heavy (non-hydrogen) atoms. The Labute approximate surface area is 227 Å². The minimum absolute atomic E-state index is 0.214. The molecule has 5 nitrogen and oxygen atoms in total. The number of rotatable bonds is 7. The summed E-state index contributed by atoms with van der Waals surface area (Å²) in [4.78, 5) is 12.8. The highest BCUT2D eigenvalue weighted by atomic mass is 79.9. The highest BCUT2D eigenvalue weighted by molar-refractivity contribution is 9.10. The van der Waals surface area contributed by atoms with Gasteiger partial charge in [0.15, 0.2) is 23.3 Å². The van der Waals surface area contributed by atoms with E-state index in [4.69, 9.17) is 16.3 Å². The summed E-state index contributed by atoms with van der Waals surface area (Å²) in [6, 6.07) is 11.8. The van der Waals surface area contributed by atoms with Crippen LogP contribution in [0.1, 0.15) is 32.9 Å². The Morgan fingerprint density at radius 3 is 2.18 bits per heavy atom. The van der Waals surface area contributed by atoms with E-state index in [0.29, 0.717) is 16.3 Å². The molecule has 0 spiro atoms. The highest BCUT2D eigenvalue weighted by Crippen LogP contribution is 2.29. The maximum atomic E-state index is 14.1. The number of hydrogen-bond acceptors (Lipinski definition) is 3. The maximum absolute atomic E-state index is 14.1. The predicted octanol–water partition coefficient (Wildman–Crippen LogP) is 7.49. The molecule has 3 aromatic carbocycles. The van der Waals surface area contributed by atoms with Gasteiger partial charge in [-0.1, -0.05) is 39.7 Å². The molecule has 1 amide bonds. The van der Waals surface area contributed by atoms with Gasteiger partial charge >= 0.3 is 0 Å². The van der Waals surface area contributed by atoms with E-state index < -0.39 is 47.1 Å². The number of aryl methyl sites for hydroxylation is 1. The molecular weight excluding hydrogens is 597 g/mol. The lowest BCUT2D eigenvalue weighted by atomic mass is 10.1. The van der Waals surface area contributed by atoms with Crippen molar-refractivity contribution in [3.8, 4) is 5.75 Å². The molecule has 4 rings (SSSR count). The fourth-order valence-electron chi connectivity index (χ4n) is 3.66. The Hall–Kier alpha value is -3.44. The molecule has 0 bridgehead atoms. The van der Waals surface area contributed by atoms with E-state index in [2.05, 4.69) is 26.3 Å². The first-order chi connectivity index (χ1) is 18.0. The molecule has 0 aliphatic rings. The van der Waals surface area contributed by atoms with Crippen LogP contribution in [-0.4, -0.2) is 15.7 Å². The van der Waals surface area contributed by atoms with E-state index in [1.165, 1.54) is 13.8 Å². The van der Waals surface area contributed by atoms with Crippen molar-refractivity contribution >= 4 is 39.1 Å². The first-order valence-electron chi connectivity index (χ1n) is 11.0. The summed E-state index contributed by atoms with van der Waals surface area (Å²) in [5.74, 6) is -10.2. The molecule has 198 valence electrons. The van der Waals surface area contributed by atoms with Crippen molar-refractivity contribution in [3.63, 3.8) is 0 Å². The molecule has 12 heteroatoms. The normalized spacial score (nSPS) is 11.1. The number of carbonyl (C=O) groups excluding carboxylic acids is 1. The Balaban J connectivity index is 1.47. The summed E-state index contributed by atoms with van der Waals surface area (Å²) in [6.07, 6.45) is 0. The van der Waals surface area contributed by atoms with Crippen LogP contribution >= 0.6 is 27.5 Å². The van der Waals surface area contributed by atoms with E-state index in [1.807, 2.05) is 0 Å². The molecule has 4 aromatic rings. The summed E-state index contributed by atoms with van der Waals surface area (Å²) < 4.78 is 76.4.